The van der Waals surface area contributed by atoms with Gasteiger partial charge in [0.1, 0.15) is 6.10 Å². The summed E-state index contributed by atoms with van der Waals surface area (Å²) in [5.41, 5.74) is 1.93. The molecule has 0 saturated carbocycles. The van der Waals surface area contributed by atoms with Gasteiger partial charge in [0.2, 0.25) is 12.5 Å². The molecule has 0 aromatic heterocycles. The van der Waals surface area contributed by atoms with Crippen molar-refractivity contribution < 1.29 is 27.7 Å². The quantitative estimate of drug-likeness (QED) is 0.624. The Balaban J connectivity index is 1.74. The lowest BCUT2D eigenvalue weighted by Crippen LogP contribution is -2.17. The zero-order valence-electron chi connectivity index (χ0n) is 16.5. The van der Waals surface area contributed by atoms with Crippen LogP contribution < -0.4 is 18.9 Å². The fourth-order valence-electron chi connectivity index (χ4n) is 3.33. The van der Waals surface area contributed by atoms with Crippen molar-refractivity contribution in [2.75, 3.05) is 18.6 Å². The number of aliphatic hydroxyl groups excluding tert-OH is 1. The van der Waals surface area contributed by atoms with Crippen molar-refractivity contribution in [1.82, 2.24) is 0 Å². The number of aryl methyl sites for hydroxylation is 1. The fourth-order valence-corrected chi connectivity index (χ4v) is 4.70. The van der Waals surface area contributed by atoms with E-state index in [-0.39, 0.29) is 17.3 Å². The van der Waals surface area contributed by atoms with E-state index in [1.165, 1.54) is 13.2 Å². The Kier molecular flexibility index (Phi) is 5.27. The monoisotopic (exact) mass is 427 g/mol. The minimum Gasteiger partial charge on any atom is -0.493 e. The van der Waals surface area contributed by atoms with Gasteiger partial charge in [0.05, 0.1) is 17.7 Å². The number of sulfonamides is 1. The Bertz CT molecular complexity index is 1190. The number of benzene rings is 3. The molecule has 0 amide bonds. The second-order valence-corrected chi connectivity index (χ2v) is 8.47. The number of hydrogen-bond donors (Lipinski definition) is 2. The first-order chi connectivity index (χ1) is 14.4. The average molecular weight is 427 g/mol. The van der Waals surface area contributed by atoms with E-state index in [9.17, 15) is 13.5 Å². The van der Waals surface area contributed by atoms with E-state index in [1.807, 2.05) is 19.1 Å². The van der Waals surface area contributed by atoms with E-state index >= 15 is 0 Å². The highest BCUT2D eigenvalue weighted by atomic mass is 32.2. The standard InChI is InChI=1S/C22H21NO6S/c1-14-7-3-5-9-17(14)23-30(25,26)20-10-6-4-8-16(20)21(24)15-11-18(27-2)22-19(12-15)28-13-29-22/h3-12,21,23-24H,13H2,1-2H3. The van der Waals surface area contributed by atoms with Crippen molar-refractivity contribution in [2.45, 2.75) is 17.9 Å². The molecule has 3 aromatic rings. The summed E-state index contributed by atoms with van der Waals surface area (Å²) < 4.78 is 45.0. The minimum atomic E-state index is -3.94. The third kappa shape index (κ3) is 3.67. The third-order valence-corrected chi connectivity index (χ3v) is 6.33. The first-order valence-corrected chi connectivity index (χ1v) is 10.7. The average Bonchev–Trinajstić information content (AvgIpc) is 3.23. The number of rotatable bonds is 6. The zero-order chi connectivity index (χ0) is 21.3. The van der Waals surface area contributed by atoms with E-state index < -0.39 is 16.1 Å². The predicted molar refractivity (Wildman–Crippen MR) is 112 cm³/mol. The molecule has 1 atom stereocenters. The zero-order valence-corrected chi connectivity index (χ0v) is 17.3. The topological polar surface area (TPSA) is 94.1 Å². The number of methoxy groups -OCH3 is 1. The molecule has 1 unspecified atom stereocenters. The van der Waals surface area contributed by atoms with Crippen LogP contribution in [0.4, 0.5) is 5.69 Å². The number of fused-ring (bicyclic) bond motifs is 1. The predicted octanol–water partition coefficient (Wildman–Crippen LogP) is 3.61. The molecule has 1 heterocycles. The first-order valence-electron chi connectivity index (χ1n) is 9.23. The number of anilines is 1. The number of hydrogen-bond acceptors (Lipinski definition) is 6. The summed E-state index contributed by atoms with van der Waals surface area (Å²) >= 11 is 0. The maximum atomic E-state index is 13.1. The van der Waals surface area contributed by atoms with Crippen molar-refractivity contribution in [3.05, 3.63) is 77.4 Å². The van der Waals surface area contributed by atoms with Gasteiger partial charge < -0.3 is 19.3 Å². The van der Waals surface area contributed by atoms with Crippen LogP contribution in [0.2, 0.25) is 0 Å². The lowest BCUT2D eigenvalue weighted by molar-refractivity contribution is 0.171. The summed E-state index contributed by atoms with van der Waals surface area (Å²) in [5, 5.41) is 11.1. The van der Waals surface area contributed by atoms with Gasteiger partial charge >= 0.3 is 0 Å². The Labute approximate surface area is 174 Å². The highest BCUT2D eigenvalue weighted by Crippen LogP contribution is 2.44. The van der Waals surface area contributed by atoms with Crippen LogP contribution in [0.3, 0.4) is 0 Å². The van der Waals surface area contributed by atoms with Crippen LogP contribution in [-0.4, -0.2) is 27.4 Å². The number of ether oxygens (including phenoxy) is 3. The van der Waals surface area contributed by atoms with Crippen LogP contribution in [0.15, 0.2) is 65.6 Å². The Hall–Kier alpha value is -3.23. The molecule has 0 radical (unpaired) electrons. The fraction of sp³-hybridized carbons (Fsp3) is 0.182. The van der Waals surface area contributed by atoms with Crippen LogP contribution in [0.1, 0.15) is 22.8 Å². The van der Waals surface area contributed by atoms with Crippen molar-refractivity contribution in [3.8, 4) is 17.2 Å². The number of para-hydroxylation sites is 1. The van der Waals surface area contributed by atoms with Gasteiger partial charge in [-0.05, 0) is 42.3 Å². The van der Waals surface area contributed by atoms with E-state index in [4.69, 9.17) is 14.2 Å². The molecule has 1 aliphatic heterocycles. The molecule has 3 aromatic carbocycles. The summed E-state index contributed by atoms with van der Waals surface area (Å²) in [4.78, 5) is -0.0163. The highest BCUT2D eigenvalue weighted by molar-refractivity contribution is 7.92. The van der Waals surface area contributed by atoms with Gasteiger partial charge in [-0.1, -0.05) is 36.4 Å². The van der Waals surface area contributed by atoms with Gasteiger partial charge in [-0.15, -0.1) is 0 Å². The molecule has 0 aliphatic carbocycles. The summed E-state index contributed by atoms with van der Waals surface area (Å²) in [6.45, 7) is 1.87. The molecule has 0 spiro atoms. The van der Waals surface area contributed by atoms with Crippen molar-refractivity contribution in [2.24, 2.45) is 0 Å². The van der Waals surface area contributed by atoms with Gasteiger partial charge in [-0.2, -0.15) is 0 Å². The van der Waals surface area contributed by atoms with Crippen molar-refractivity contribution in [1.29, 1.82) is 0 Å². The van der Waals surface area contributed by atoms with Crippen LogP contribution in [0.5, 0.6) is 17.2 Å². The second-order valence-electron chi connectivity index (χ2n) is 6.82. The Morgan fingerprint density at radius 3 is 2.57 bits per heavy atom. The van der Waals surface area contributed by atoms with E-state index in [0.717, 1.165) is 5.56 Å². The SMILES string of the molecule is COc1cc(C(O)c2ccccc2S(=O)(=O)Nc2ccccc2C)cc2c1OCO2. The van der Waals surface area contributed by atoms with Crippen molar-refractivity contribution in [3.63, 3.8) is 0 Å². The molecule has 0 bridgehead atoms. The van der Waals surface area contributed by atoms with Crippen LogP contribution in [0, 0.1) is 6.92 Å². The van der Waals surface area contributed by atoms with Gasteiger partial charge in [-0.3, -0.25) is 4.72 Å². The smallest absolute Gasteiger partial charge is 0.262 e. The molecule has 156 valence electrons. The highest BCUT2D eigenvalue weighted by Gasteiger charge is 2.27. The van der Waals surface area contributed by atoms with Crippen molar-refractivity contribution >= 4 is 15.7 Å². The maximum Gasteiger partial charge on any atom is 0.262 e. The molecule has 7 nitrogen and oxygen atoms in total. The summed E-state index contributed by atoms with van der Waals surface area (Å²) in [6.07, 6.45) is -1.22. The van der Waals surface area contributed by atoms with E-state index in [2.05, 4.69) is 4.72 Å². The third-order valence-electron chi connectivity index (χ3n) is 4.89. The van der Waals surface area contributed by atoms with Gasteiger partial charge in [0.15, 0.2) is 11.5 Å². The maximum absolute atomic E-state index is 13.1. The molecular formula is C22H21NO6S. The molecule has 30 heavy (non-hydrogen) atoms. The van der Waals surface area contributed by atoms with E-state index in [1.54, 1.807) is 42.5 Å². The molecular weight excluding hydrogens is 406 g/mol. The largest absolute Gasteiger partial charge is 0.493 e. The van der Waals surface area contributed by atoms with Gasteiger partial charge in [0, 0.05) is 5.56 Å². The van der Waals surface area contributed by atoms with Crippen LogP contribution in [0.25, 0.3) is 0 Å². The lowest BCUT2D eigenvalue weighted by Gasteiger charge is -2.18. The Morgan fingerprint density at radius 1 is 1.07 bits per heavy atom. The summed E-state index contributed by atoms with van der Waals surface area (Å²) in [7, 11) is -2.46. The first kappa shape index (κ1) is 20.1. The van der Waals surface area contributed by atoms with Gasteiger partial charge in [0.25, 0.3) is 10.0 Å². The second kappa shape index (κ2) is 7.89. The van der Waals surface area contributed by atoms with Crippen LogP contribution in [-0.2, 0) is 10.0 Å². The molecule has 0 fully saturated rings. The minimum absolute atomic E-state index is 0.0163. The lowest BCUT2D eigenvalue weighted by atomic mass is 10.0. The molecule has 2 N–H and O–H groups in total. The normalized spacial score (nSPS) is 13.7. The summed E-state index contributed by atoms with van der Waals surface area (Å²) in [5.74, 6) is 1.29. The molecule has 1 aliphatic rings. The van der Waals surface area contributed by atoms with Crippen LogP contribution >= 0.6 is 0 Å². The van der Waals surface area contributed by atoms with Gasteiger partial charge in [-0.25, -0.2) is 8.42 Å². The molecule has 8 heteroatoms. The molecule has 0 saturated heterocycles. The van der Waals surface area contributed by atoms with E-state index in [0.29, 0.717) is 28.5 Å². The number of nitrogens with one attached hydrogen (secondary N) is 1. The Morgan fingerprint density at radius 2 is 1.80 bits per heavy atom. The number of aliphatic hydroxyl groups is 1. The molecule has 4 rings (SSSR count). The summed E-state index contributed by atoms with van der Waals surface area (Å²) in [6, 6.07) is 16.6.